The Morgan fingerprint density at radius 3 is 1.43 bits per heavy atom. The number of methoxy groups -OCH3 is 2. The first-order valence-corrected chi connectivity index (χ1v) is 7.79. The molecule has 0 bridgehead atoms. The van der Waals surface area contributed by atoms with Crippen molar-refractivity contribution in [3.05, 3.63) is 55.6 Å². The molecule has 156 valence electrons. The third-order valence-corrected chi connectivity index (χ3v) is 3.67. The van der Waals surface area contributed by atoms with E-state index < -0.39 is 50.4 Å². The van der Waals surface area contributed by atoms with E-state index in [4.69, 9.17) is 18.9 Å². The van der Waals surface area contributed by atoms with E-state index in [0.29, 0.717) is 0 Å². The molecule has 0 saturated heterocycles. The Bertz CT molecular complexity index is 967. The normalized spacial score (nSPS) is 9.93. The molecule has 0 aliphatic carbocycles. The van der Waals surface area contributed by atoms with Gasteiger partial charge in [-0.3, -0.25) is 29.8 Å². The van der Waals surface area contributed by atoms with Crippen LogP contribution in [0.4, 0.5) is 16.2 Å². The van der Waals surface area contributed by atoms with Crippen molar-refractivity contribution in [3.63, 3.8) is 0 Å². The van der Waals surface area contributed by atoms with Gasteiger partial charge in [0.15, 0.2) is 24.1 Å². The Labute approximate surface area is 167 Å². The minimum absolute atomic E-state index is 0.224. The lowest BCUT2D eigenvalue weighted by atomic mass is 10.1. The Balaban J connectivity index is 2.42. The van der Waals surface area contributed by atoms with Crippen LogP contribution in [-0.2, 0) is 0 Å². The van der Waals surface area contributed by atoms with Crippen LogP contribution in [-0.4, -0.2) is 42.8 Å². The summed E-state index contributed by atoms with van der Waals surface area (Å²) in [6.07, 6.45) is -1.00. The molecule has 13 nitrogen and oxygen atoms in total. The van der Waals surface area contributed by atoms with E-state index >= 15 is 0 Å². The Kier molecular flexibility index (Phi) is 6.59. The predicted molar refractivity (Wildman–Crippen MR) is 96.7 cm³/mol. The van der Waals surface area contributed by atoms with Gasteiger partial charge in [-0.15, -0.1) is 0 Å². The van der Waals surface area contributed by atoms with E-state index in [9.17, 15) is 34.6 Å². The van der Waals surface area contributed by atoms with Crippen LogP contribution >= 0.6 is 0 Å². The average molecular weight is 420 g/mol. The minimum atomic E-state index is -1.45. The van der Waals surface area contributed by atoms with Crippen molar-refractivity contribution in [1.29, 1.82) is 0 Å². The van der Waals surface area contributed by atoms with Crippen LogP contribution in [0.15, 0.2) is 24.3 Å². The van der Waals surface area contributed by atoms with Crippen LogP contribution in [0.3, 0.4) is 0 Å². The summed E-state index contributed by atoms with van der Waals surface area (Å²) in [6, 6.07) is 4.18. The Morgan fingerprint density at radius 1 is 0.800 bits per heavy atom. The smallest absolute Gasteiger partial charge is 0.488 e. The van der Waals surface area contributed by atoms with Crippen molar-refractivity contribution in [2.45, 2.75) is 0 Å². The maximum Gasteiger partial charge on any atom is 0.519 e. The number of nitro groups is 2. The van der Waals surface area contributed by atoms with E-state index in [2.05, 4.69) is 0 Å². The topological polar surface area (TPSA) is 174 Å². The Hall–Kier alpha value is -4.55. The van der Waals surface area contributed by atoms with E-state index in [-0.39, 0.29) is 23.7 Å². The molecule has 0 fully saturated rings. The van der Waals surface area contributed by atoms with E-state index in [1.807, 2.05) is 0 Å². The summed E-state index contributed by atoms with van der Waals surface area (Å²) in [5, 5.41) is 22.4. The molecule has 0 amide bonds. The number of ether oxygens (including phenoxy) is 4. The highest BCUT2D eigenvalue weighted by molar-refractivity contribution is 5.87. The Morgan fingerprint density at radius 2 is 1.17 bits per heavy atom. The van der Waals surface area contributed by atoms with Gasteiger partial charge in [-0.1, -0.05) is 0 Å². The van der Waals surface area contributed by atoms with Crippen LogP contribution in [0.1, 0.15) is 20.7 Å². The van der Waals surface area contributed by atoms with Crippen LogP contribution in [0.2, 0.25) is 0 Å². The third kappa shape index (κ3) is 4.14. The highest BCUT2D eigenvalue weighted by atomic mass is 16.7. The van der Waals surface area contributed by atoms with Crippen LogP contribution in [0, 0.1) is 20.2 Å². The molecule has 13 heteroatoms. The summed E-state index contributed by atoms with van der Waals surface area (Å²) >= 11 is 0. The monoisotopic (exact) mass is 420 g/mol. The van der Waals surface area contributed by atoms with Gasteiger partial charge in [0.2, 0.25) is 11.5 Å². The molecule has 0 atom stereocenters. The quantitative estimate of drug-likeness (QED) is 0.202. The summed E-state index contributed by atoms with van der Waals surface area (Å²) in [5.41, 5.74) is -2.11. The molecular weight excluding hydrogens is 408 g/mol. The van der Waals surface area contributed by atoms with Gasteiger partial charge < -0.3 is 18.9 Å². The molecular formula is C17H12N2O11. The largest absolute Gasteiger partial charge is 0.519 e. The summed E-state index contributed by atoms with van der Waals surface area (Å²) in [6.45, 7) is 0. The van der Waals surface area contributed by atoms with Crippen LogP contribution in [0.5, 0.6) is 23.0 Å². The standard InChI is InChI=1S/C17H12N2O11/c1-27-15-11(5-3-9(7-20)13(15)18(23)24)29-17(22)30-12-6-4-10(8-21)14(19(25)26)16(12)28-2/h3-8H,1-2H3. The molecule has 2 rings (SSSR count). The van der Waals surface area contributed by atoms with Crippen molar-refractivity contribution in [2.24, 2.45) is 0 Å². The van der Waals surface area contributed by atoms with Gasteiger partial charge in [-0.05, 0) is 24.3 Å². The minimum Gasteiger partial charge on any atom is -0.488 e. The van der Waals surface area contributed by atoms with Crippen molar-refractivity contribution in [2.75, 3.05) is 14.2 Å². The van der Waals surface area contributed by atoms with E-state index in [0.717, 1.165) is 38.5 Å². The van der Waals surface area contributed by atoms with Gasteiger partial charge in [0.25, 0.3) is 0 Å². The SMILES string of the molecule is COc1c(OC(=O)Oc2ccc(C=O)c([N+](=O)[O-])c2OC)ccc(C=O)c1[N+](=O)[O-]. The van der Waals surface area contributed by atoms with Crippen molar-refractivity contribution in [1.82, 2.24) is 0 Å². The molecule has 0 heterocycles. The molecule has 2 aromatic rings. The summed E-state index contributed by atoms with van der Waals surface area (Å²) in [5.74, 6) is -1.93. The lowest BCUT2D eigenvalue weighted by Gasteiger charge is -2.12. The molecule has 0 radical (unpaired) electrons. The van der Waals surface area contributed by atoms with Crippen LogP contribution < -0.4 is 18.9 Å². The number of hydrogen-bond acceptors (Lipinski definition) is 11. The first-order valence-electron chi connectivity index (χ1n) is 7.79. The molecule has 0 unspecified atom stereocenters. The highest BCUT2D eigenvalue weighted by Crippen LogP contribution is 2.41. The maximum atomic E-state index is 12.2. The zero-order valence-corrected chi connectivity index (χ0v) is 15.3. The van der Waals surface area contributed by atoms with Gasteiger partial charge in [-0.2, -0.15) is 0 Å². The van der Waals surface area contributed by atoms with Crippen LogP contribution in [0.25, 0.3) is 0 Å². The first-order chi connectivity index (χ1) is 14.3. The zero-order chi connectivity index (χ0) is 22.4. The fraction of sp³-hybridized carbons (Fsp3) is 0.118. The van der Waals surface area contributed by atoms with Gasteiger partial charge in [0, 0.05) is 0 Å². The number of benzene rings is 2. The molecule has 30 heavy (non-hydrogen) atoms. The number of nitro benzene ring substituents is 2. The first kappa shape index (κ1) is 21.7. The predicted octanol–water partition coefficient (Wildman–Crippen LogP) is 2.72. The second-order valence-corrected chi connectivity index (χ2v) is 5.27. The molecule has 0 saturated carbocycles. The van der Waals surface area contributed by atoms with Crippen molar-refractivity contribution in [3.8, 4) is 23.0 Å². The van der Waals surface area contributed by atoms with E-state index in [1.54, 1.807) is 0 Å². The van der Waals surface area contributed by atoms with Gasteiger partial charge in [-0.25, -0.2) is 4.79 Å². The average Bonchev–Trinajstić information content (AvgIpc) is 2.72. The number of carbonyl (C=O) groups excluding carboxylic acids is 3. The summed E-state index contributed by atoms with van der Waals surface area (Å²) in [7, 11) is 2.11. The molecule has 2 aromatic carbocycles. The van der Waals surface area contributed by atoms with Crippen molar-refractivity contribution < 1.29 is 43.2 Å². The molecule has 0 aliphatic rings. The fourth-order valence-electron chi connectivity index (χ4n) is 2.46. The molecule has 0 N–H and O–H groups in total. The molecule has 0 aliphatic heterocycles. The number of aldehydes is 2. The van der Waals surface area contributed by atoms with Gasteiger partial charge in [0.1, 0.15) is 0 Å². The number of carbonyl (C=O) groups is 3. The van der Waals surface area contributed by atoms with Gasteiger partial charge >= 0.3 is 17.5 Å². The van der Waals surface area contributed by atoms with Gasteiger partial charge in [0.05, 0.1) is 35.2 Å². The lowest BCUT2D eigenvalue weighted by molar-refractivity contribution is -0.386. The third-order valence-electron chi connectivity index (χ3n) is 3.67. The maximum absolute atomic E-state index is 12.2. The summed E-state index contributed by atoms with van der Waals surface area (Å²) < 4.78 is 19.5. The number of hydrogen-bond donors (Lipinski definition) is 0. The molecule has 0 spiro atoms. The number of rotatable bonds is 8. The number of nitrogens with zero attached hydrogens (tertiary/aromatic N) is 2. The van der Waals surface area contributed by atoms with E-state index in [1.165, 1.54) is 0 Å². The second kappa shape index (κ2) is 9.09. The fourth-order valence-corrected chi connectivity index (χ4v) is 2.46. The molecule has 0 aromatic heterocycles. The zero-order valence-electron chi connectivity index (χ0n) is 15.3. The van der Waals surface area contributed by atoms with Crippen molar-refractivity contribution >= 4 is 30.1 Å². The lowest BCUT2D eigenvalue weighted by Crippen LogP contribution is -2.16. The second-order valence-electron chi connectivity index (χ2n) is 5.27. The summed E-state index contributed by atoms with van der Waals surface area (Å²) in [4.78, 5) is 54.8. The highest BCUT2D eigenvalue weighted by Gasteiger charge is 2.29.